The zero-order valence-electron chi connectivity index (χ0n) is 15.3. The number of benzene rings is 1. The molecule has 0 spiro atoms. The molecule has 0 aromatic heterocycles. The van der Waals surface area contributed by atoms with Gasteiger partial charge >= 0.3 is 0 Å². The van der Waals surface area contributed by atoms with Gasteiger partial charge in [0, 0.05) is 12.1 Å². The largest absolute Gasteiger partial charge is 0.352 e. The van der Waals surface area contributed by atoms with Gasteiger partial charge in [-0.2, -0.15) is 8.42 Å². The third kappa shape index (κ3) is 6.15. The third-order valence-electron chi connectivity index (χ3n) is 3.69. The molecule has 7 heteroatoms. The van der Waals surface area contributed by atoms with Crippen molar-refractivity contribution in [1.82, 2.24) is 10.6 Å². The van der Waals surface area contributed by atoms with E-state index in [1.807, 2.05) is 12.2 Å². The van der Waals surface area contributed by atoms with Gasteiger partial charge in [-0.3, -0.25) is 4.79 Å². The van der Waals surface area contributed by atoms with Crippen molar-refractivity contribution in [2.45, 2.75) is 38.5 Å². The smallest absolute Gasteiger partial charge is 0.284 e. The SMILES string of the molecule is CC(C)(C)CCNC(=O)c1ccc(S(=O)(=O)N=C2C=CCC=CN2)cc1. The highest BCUT2D eigenvalue weighted by Gasteiger charge is 2.16. The summed E-state index contributed by atoms with van der Waals surface area (Å²) in [5.41, 5.74) is 0.556. The van der Waals surface area contributed by atoms with Gasteiger partial charge in [0.05, 0.1) is 4.90 Å². The van der Waals surface area contributed by atoms with Crippen LogP contribution in [0, 0.1) is 5.41 Å². The van der Waals surface area contributed by atoms with Gasteiger partial charge in [-0.15, -0.1) is 4.40 Å². The van der Waals surface area contributed by atoms with Crippen LogP contribution in [0.4, 0.5) is 0 Å². The Balaban J connectivity index is 2.07. The molecule has 0 saturated carbocycles. The fourth-order valence-electron chi connectivity index (χ4n) is 2.19. The lowest BCUT2D eigenvalue weighted by molar-refractivity contribution is 0.0949. The zero-order chi connectivity index (χ0) is 19.2. The number of sulfonamides is 1. The first kappa shape index (κ1) is 19.9. The first-order chi connectivity index (χ1) is 12.2. The van der Waals surface area contributed by atoms with Crippen molar-refractivity contribution in [3.63, 3.8) is 0 Å². The monoisotopic (exact) mass is 375 g/mol. The van der Waals surface area contributed by atoms with E-state index in [4.69, 9.17) is 0 Å². The van der Waals surface area contributed by atoms with E-state index in [9.17, 15) is 13.2 Å². The van der Waals surface area contributed by atoms with Gasteiger partial charge in [-0.05, 0) is 54.8 Å². The normalized spacial score (nSPS) is 16.2. The second-order valence-corrected chi connectivity index (χ2v) is 8.83. The molecule has 1 aromatic carbocycles. The van der Waals surface area contributed by atoms with Crippen molar-refractivity contribution >= 4 is 21.8 Å². The lowest BCUT2D eigenvalue weighted by atomic mass is 9.92. The highest BCUT2D eigenvalue weighted by Crippen LogP contribution is 2.17. The number of carbonyl (C=O) groups is 1. The van der Waals surface area contributed by atoms with E-state index >= 15 is 0 Å². The lowest BCUT2D eigenvalue weighted by Crippen LogP contribution is -2.27. The van der Waals surface area contributed by atoms with Gasteiger partial charge in [0.25, 0.3) is 15.9 Å². The first-order valence-electron chi connectivity index (χ1n) is 8.49. The summed E-state index contributed by atoms with van der Waals surface area (Å²) in [5, 5.41) is 5.66. The maximum Gasteiger partial charge on any atom is 0.284 e. The van der Waals surface area contributed by atoms with Crippen molar-refractivity contribution < 1.29 is 13.2 Å². The molecule has 1 aliphatic rings. The molecule has 2 N–H and O–H groups in total. The number of carbonyl (C=O) groups excluding carboxylic acids is 1. The van der Waals surface area contributed by atoms with Gasteiger partial charge in [-0.1, -0.05) is 32.9 Å². The molecule has 6 nitrogen and oxygen atoms in total. The minimum atomic E-state index is -3.85. The van der Waals surface area contributed by atoms with Crippen molar-refractivity contribution in [1.29, 1.82) is 0 Å². The van der Waals surface area contributed by atoms with Gasteiger partial charge in [0.15, 0.2) is 0 Å². The predicted molar refractivity (Wildman–Crippen MR) is 104 cm³/mol. The zero-order valence-corrected chi connectivity index (χ0v) is 16.1. The number of amidine groups is 1. The molecule has 0 atom stereocenters. The number of hydrogen-bond acceptors (Lipinski definition) is 3. The highest BCUT2D eigenvalue weighted by molar-refractivity contribution is 7.90. The van der Waals surface area contributed by atoms with E-state index in [-0.39, 0.29) is 22.1 Å². The maximum absolute atomic E-state index is 12.4. The Morgan fingerprint density at radius 3 is 2.54 bits per heavy atom. The van der Waals surface area contributed by atoms with E-state index in [0.29, 0.717) is 18.5 Å². The van der Waals surface area contributed by atoms with Crippen LogP contribution in [0.15, 0.2) is 58.0 Å². The fourth-order valence-corrected chi connectivity index (χ4v) is 3.15. The summed E-state index contributed by atoms with van der Waals surface area (Å²) in [6.45, 7) is 6.89. The maximum atomic E-state index is 12.4. The summed E-state index contributed by atoms with van der Waals surface area (Å²) in [4.78, 5) is 12.2. The molecular formula is C19H25N3O3S. The number of rotatable bonds is 5. The molecule has 0 bridgehead atoms. The van der Waals surface area contributed by atoms with Crippen LogP contribution >= 0.6 is 0 Å². The van der Waals surface area contributed by atoms with Crippen molar-refractivity contribution in [2.24, 2.45) is 9.81 Å². The van der Waals surface area contributed by atoms with Crippen molar-refractivity contribution in [2.75, 3.05) is 6.54 Å². The Hall–Kier alpha value is -2.41. The molecule has 0 fully saturated rings. The molecule has 1 aliphatic heterocycles. The summed E-state index contributed by atoms with van der Waals surface area (Å²) < 4.78 is 28.6. The van der Waals surface area contributed by atoms with Gasteiger partial charge in [0.2, 0.25) is 0 Å². The summed E-state index contributed by atoms with van der Waals surface area (Å²) >= 11 is 0. The number of amides is 1. The molecule has 0 unspecified atom stereocenters. The molecule has 140 valence electrons. The molecule has 1 aromatic rings. The second kappa shape index (κ2) is 8.31. The van der Waals surface area contributed by atoms with Crippen LogP contribution in [0.1, 0.15) is 44.0 Å². The Kier molecular flexibility index (Phi) is 6.37. The number of nitrogens with one attached hydrogen (secondary N) is 2. The van der Waals surface area contributed by atoms with E-state index in [1.54, 1.807) is 12.3 Å². The quantitative estimate of drug-likeness (QED) is 0.828. The average Bonchev–Trinajstić information content (AvgIpc) is 2.82. The average molecular weight is 375 g/mol. The van der Waals surface area contributed by atoms with E-state index < -0.39 is 10.0 Å². The Bertz CT molecular complexity index is 830. The Labute approximate surface area is 155 Å². The minimum absolute atomic E-state index is 0.0414. The van der Waals surface area contributed by atoms with Gasteiger partial charge in [-0.25, -0.2) is 0 Å². The molecular weight excluding hydrogens is 350 g/mol. The molecule has 0 saturated heterocycles. The van der Waals surface area contributed by atoms with E-state index in [2.05, 4.69) is 35.8 Å². The molecule has 1 amide bonds. The minimum Gasteiger partial charge on any atom is -0.352 e. The van der Waals surface area contributed by atoms with Crippen LogP contribution in [0.5, 0.6) is 0 Å². The highest BCUT2D eigenvalue weighted by atomic mass is 32.2. The van der Waals surface area contributed by atoms with Crippen molar-refractivity contribution in [3.8, 4) is 0 Å². The summed E-state index contributed by atoms with van der Waals surface area (Å²) in [5.74, 6) is 0.0331. The molecule has 0 aliphatic carbocycles. The molecule has 26 heavy (non-hydrogen) atoms. The lowest BCUT2D eigenvalue weighted by Gasteiger charge is -2.18. The number of hydrogen-bond donors (Lipinski definition) is 2. The van der Waals surface area contributed by atoms with Crippen LogP contribution < -0.4 is 10.6 Å². The molecule has 2 rings (SSSR count). The van der Waals surface area contributed by atoms with Gasteiger partial charge in [0.1, 0.15) is 5.84 Å². The van der Waals surface area contributed by atoms with E-state index in [0.717, 1.165) is 6.42 Å². The predicted octanol–water partition coefficient (Wildman–Crippen LogP) is 3.00. The van der Waals surface area contributed by atoms with E-state index in [1.165, 1.54) is 24.3 Å². The fraction of sp³-hybridized carbons (Fsp3) is 0.368. The topological polar surface area (TPSA) is 87.6 Å². The standard InChI is InChI=1S/C19H25N3O3S/c1-19(2,3)12-14-21-18(23)15-8-10-16(11-9-15)26(24,25)22-17-7-5-4-6-13-20-17/h5-11,13H,4,12,14H2,1-3H3,(H,20,22)(H,21,23). The van der Waals surface area contributed by atoms with Crippen LogP contribution in [0.2, 0.25) is 0 Å². The third-order valence-corrected chi connectivity index (χ3v) is 5.00. The first-order valence-corrected chi connectivity index (χ1v) is 9.93. The Morgan fingerprint density at radius 2 is 1.88 bits per heavy atom. The van der Waals surface area contributed by atoms with Crippen LogP contribution in [-0.2, 0) is 10.0 Å². The summed E-state index contributed by atoms with van der Waals surface area (Å²) in [6, 6.07) is 5.79. The summed E-state index contributed by atoms with van der Waals surface area (Å²) in [7, 11) is -3.85. The number of allylic oxidation sites excluding steroid dienone is 2. The Morgan fingerprint density at radius 1 is 1.19 bits per heavy atom. The van der Waals surface area contributed by atoms with Gasteiger partial charge < -0.3 is 10.6 Å². The van der Waals surface area contributed by atoms with Crippen molar-refractivity contribution in [3.05, 3.63) is 54.3 Å². The van der Waals surface area contributed by atoms with Crippen LogP contribution in [0.3, 0.4) is 0 Å². The summed E-state index contributed by atoms with van der Waals surface area (Å²) in [6.07, 6.45) is 8.52. The van der Waals surface area contributed by atoms with Crippen LogP contribution in [-0.4, -0.2) is 26.7 Å². The second-order valence-electron chi connectivity index (χ2n) is 7.23. The van der Waals surface area contributed by atoms with Crippen LogP contribution in [0.25, 0.3) is 0 Å². The number of nitrogens with zero attached hydrogens (tertiary/aromatic N) is 1. The molecule has 1 heterocycles. The molecule has 0 radical (unpaired) electrons.